The van der Waals surface area contributed by atoms with Crippen LogP contribution >= 0.6 is 0 Å². The van der Waals surface area contributed by atoms with E-state index < -0.39 is 16.0 Å². The summed E-state index contributed by atoms with van der Waals surface area (Å²) in [5.74, 6) is -0.997. The Morgan fingerprint density at radius 3 is 2.52 bits per heavy atom. The predicted molar refractivity (Wildman–Crippen MR) is 99.3 cm³/mol. The lowest BCUT2D eigenvalue weighted by Gasteiger charge is -2.26. The van der Waals surface area contributed by atoms with Gasteiger partial charge in [0, 0.05) is 25.7 Å². The van der Waals surface area contributed by atoms with Crippen LogP contribution in [0.5, 0.6) is 0 Å². The molecule has 1 aliphatic rings. The first-order chi connectivity index (χ1) is 12.9. The van der Waals surface area contributed by atoms with Crippen LogP contribution in [0.25, 0.3) is 6.08 Å². The third kappa shape index (κ3) is 6.46. The number of ether oxygens (including phenoxy) is 2. The maximum Gasteiger partial charge on any atom is 0.331 e. The standard InChI is InChI=1S/C18H24N2O6S/c1-2-9-19-17(21)14-26-18(22)8-5-15-3-6-16(7-4-15)27(23,24)20-10-12-25-13-11-20/h3-8H,2,9-14H2,1H3,(H,19,21)/b8-5+. The molecule has 1 fully saturated rings. The fourth-order valence-corrected chi connectivity index (χ4v) is 3.76. The number of amides is 1. The smallest absolute Gasteiger partial charge is 0.331 e. The lowest BCUT2D eigenvalue weighted by Crippen LogP contribution is -2.40. The van der Waals surface area contributed by atoms with Crippen molar-refractivity contribution in [2.45, 2.75) is 18.2 Å². The number of rotatable bonds is 8. The monoisotopic (exact) mass is 396 g/mol. The molecule has 0 spiro atoms. The second-order valence-electron chi connectivity index (χ2n) is 5.88. The topological polar surface area (TPSA) is 102 Å². The Balaban J connectivity index is 1.90. The molecule has 27 heavy (non-hydrogen) atoms. The van der Waals surface area contributed by atoms with Crippen molar-refractivity contribution in [3.05, 3.63) is 35.9 Å². The quantitative estimate of drug-likeness (QED) is 0.515. The minimum absolute atomic E-state index is 0.191. The number of carbonyl (C=O) groups is 2. The molecule has 1 amide bonds. The van der Waals surface area contributed by atoms with Gasteiger partial charge in [-0.3, -0.25) is 4.79 Å². The van der Waals surface area contributed by atoms with E-state index in [2.05, 4.69) is 5.32 Å². The van der Waals surface area contributed by atoms with Crippen LogP contribution in [0.4, 0.5) is 0 Å². The van der Waals surface area contributed by atoms with Crippen LogP contribution < -0.4 is 5.32 Å². The summed E-state index contributed by atoms with van der Waals surface area (Å²) in [4.78, 5) is 23.2. The summed E-state index contributed by atoms with van der Waals surface area (Å²) in [5, 5.41) is 2.60. The van der Waals surface area contributed by atoms with Gasteiger partial charge in [-0.2, -0.15) is 4.31 Å². The Bertz CT molecular complexity index is 768. The molecule has 1 saturated heterocycles. The lowest BCUT2D eigenvalue weighted by molar-refractivity contribution is -0.143. The molecule has 2 rings (SSSR count). The highest BCUT2D eigenvalue weighted by Gasteiger charge is 2.25. The van der Waals surface area contributed by atoms with Crippen molar-refractivity contribution >= 4 is 28.0 Å². The Kier molecular flexibility index (Phi) is 7.96. The van der Waals surface area contributed by atoms with Crippen LogP contribution in [0.3, 0.4) is 0 Å². The Morgan fingerprint density at radius 2 is 1.89 bits per heavy atom. The second kappa shape index (κ2) is 10.2. The number of nitrogens with one attached hydrogen (secondary N) is 1. The number of carbonyl (C=O) groups excluding carboxylic acids is 2. The minimum Gasteiger partial charge on any atom is -0.452 e. The summed E-state index contributed by atoms with van der Waals surface area (Å²) >= 11 is 0. The van der Waals surface area contributed by atoms with Crippen LogP contribution in [0, 0.1) is 0 Å². The Morgan fingerprint density at radius 1 is 1.22 bits per heavy atom. The van der Waals surface area contributed by atoms with E-state index in [1.54, 1.807) is 12.1 Å². The summed E-state index contributed by atoms with van der Waals surface area (Å²) in [5.41, 5.74) is 0.642. The van der Waals surface area contributed by atoms with Gasteiger partial charge in [0.2, 0.25) is 10.0 Å². The maximum absolute atomic E-state index is 12.5. The first kappa shape index (κ1) is 21.1. The first-order valence-corrected chi connectivity index (χ1v) is 10.2. The van der Waals surface area contributed by atoms with Crippen molar-refractivity contribution in [2.75, 3.05) is 39.5 Å². The molecule has 1 N–H and O–H groups in total. The minimum atomic E-state index is -3.54. The number of morpholine rings is 1. The summed E-state index contributed by atoms with van der Waals surface area (Å²) in [7, 11) is -3.54. The number of esters is 1. The van der Waals surface area contributed by atoms with Crippen molar-refractivity contribution in [3.8, 4) is 0 Å². The van der Waals surface area contributed by atoms with Crippen molar-refractivity contribution in [2.24, 2.45) is 0 Å². The molecule has 1 aliphatic heterocycles. The number of hydrogen-bond donors (Lipinski definition) is 1. The van der Waals surface area contributed by atoms with Gasteiger partial charge in [0.25, 0.3) is 5.91 Å². The molecule has 9 heteroatoms. The zero-order valence-electron chi connectivity index (χ0n) is 15.2. The molecule has 148 valence electrons. The van der Waals surface area contributed by atoms with E-state index in [1.807, 2.05) is 6.92 Å². The molecule has 0 atom stereocenters. The van der Waals surface area contributed by atoms with Crippen molar-refractivity contribution in [1.82, 2.24) is 9.62 Å². The van der Waals surface area contributed by atoms with Gasteiger partial charge in [-0.05, 0) is 30.2 Å². The summed E-state index contributed by atoms with van der Waals surface area (Å²) in [6.45, 7) is 3.57. The van der Waals surface area contributed by atoms with E-state index in [1.165, 1.54) is 28.6 Å². The van der Waals surface area contributed by atoms with Gasteiger partial charge in [-0.1, -0.05) is 19.1 Å². The van der Waals surface area contributed by atoms with Crippen molar-refractivity contribution in [3.63, 3.8) is 0 Å². The van der Waals surface area contributed by atoms with E-state index in [0.717, 1.165) is 6.42 Å². The Labute approximate surface area is 159 Å². The molecule has 1 aromatic rings. The SMILES string of the molecule is CCCNC(=O)COC(=O)/C=C/c1ccc(S(=O)(=O)N2CCOCC2)cc1. The molecular formula is C18H24N2O6S. The van der Waals surface area contributed by atoms with Gasteiger partial charge in [-0.15, -0.1) is 0 Å². The van der Waals surface area contributed by atoms with E-state index in [-0.39, 0.29) is 17.4 Å². The number of nitrogens with zero attached hydrogens (tertiary/aromatic N) is 1. The molecule has 0 radical (unpaired) electrons. The average molecular weight is 396 g/mol. The van der Waals surface area contributed by atoms with E-state index in [0.29, 0.717) is 38.4 Å². The third-order valence-corrected chi connectivity index (χ3v) is 5.73. The molecule has 8 nitrogen and oxygen atoms in total. The van der Waals surface area contributed by atoms with Crippen LogP contribution in [0.2, 0.25) is 0 Å². The zero-order valence-corrected chi connectivity index (χ0v) is 16.0. The summed E-state index contributed by atoms with van der Waals surface area (Å²) in [6, 6.07) is 6.19. The summed E-state index contributed by atoms with van der Waals surface area (Å²) in [6.07, 6.45) is 3.49. The highest BCUT2D eigenvalue weighted by Crippen LogP contribution is 2.18. The normalized spacial score (nSPS) is 15.6. The number of sulfonamides is 1. The third-order valence-electron chi connectivity index (χ3n) is 3.82. The molecule has 0 saturated carbocycles. The van der Waals surface area contributed by atoms with Crippen LogP contribution in [-0.4, -0.2) is 64.1 Å². The highest BCUT2D eigenvalue weighted by atomic mass is 32.2. The number of hydrogen-bond acceptors (Lipinski definition) is 6. The van der Waals surface area contributed by atoms with Crippen molar-refractivity contribution in [1.29, 1.82) is 0 Å². The van der Waals surface area contributed by atoms with Crippen molar-refractivity contribution < 1.29 is 27.5 Å². The molecule has 1 heterocycles. The maximum atomic E-state index is 12.5. The second-order valence-corrected chi connectivity index (χ2v) is 7.81. The van der Waals surface area contributed by atoms with Gasteiger partial charge in [0.1, 0.15) is 0 Å². The lowest BCUT2D eigenvalue weighted by atomic mass is 10.2. The van der Waals surface area contributed by atoms with E-state index in [9.17, 15) is 18.0 Å². The Hall–Kier alpha value is -2.23. The number of benzene rings is 1. The fourth-order valence-electron chi connectivity index (χ4n) is 2.35. The molecule has 0 unspecified atom stereocenters. The molecule has 0 aliphatic carbocycles. The van der Waals surface area contributed by atoms with Gasteiger partial charge in [0.05, 0.1) is 18.1 Å². The molecule has 1 aromatic carbocycles. The molecule has 0 bridgehead atoms. The fraction of sp³-hybridized carbons (Fsp3) is 0.444. The average Bonchev–Trinajstić information content (AvgIpc) is 2.70. The molecule has 0 aromatic heterocycles. The van der Waals surface area contributed by atoms with Gasteiger partial charge in [-0.25, -0.2) is 13.2 Å². The van der Waals surface area contributed by atoms with Gasteiger partial charge < -0.3 is 14.8 Å². The van der Waals surface area contributed by atoms with Crippen LogP contribution in [0.1, 0.15) is 18.9 Å². The zero-order chi connectivity index (χ0) is 19.7. The van der Waals surface area contributed by atoms with Gasteiger partial charge >= 0.3 is 5.97 Å². The van der Waals surface area contributed by atoms with E-state index >= 15 is 0 Å². The summed E-state index contributed by atoms with van der Waals surface area (Å²) < 4.78 is 36.5. The molecular weight excluding hydrogens is 372 g/mol. The van der Waals surface area contributed by atoms with Crippen LogP contribution in [0.15, 0.2) is 35.2 Å². The predicted octanol–water partition coefficient (Wildman–Crippen LogP) is 0.790. The van der Waals surface area contributed by atoms with Gasteiger partial charge in [0.15, 0.2) is 6.61 Å². The first-order valence-electron chi connectivity index (χ1n) is 8.73. The van der Waals surface area contributed by atoms with E-state index in [4.69, 9.17) is 9.47 Å². The van der Waals surface area contributed by atoms with Crippen LogP contribution in [-0.2, 0) is 29.1 Å². The largest absolute Gasteiger partial charge is 0.452 e. The highest BCUT2D eigenvalue weighted by molar-refractivity contribution is 7.89.